The van der Waals surface area contributed by atoms with Crippen LogP contribution in [0.1, 0.15) is 5.56 Å². The van der Waals surface area contributed by atoms with Gasteiger partial charge in [0.25, 0.3) is 0 Å². The molecule has 0 radical (unpaired) electrons. The van der Waals surface area contributed by atoms with Crippen molar-refractivity contribution in [1.29, 1.82) is 0 Å². The number of thiophene rings is 1. The van der Waals surface area contributed by atoms with Crippen molar-refractivity contribution >= 4 is 21.4 Å². The van der Waals surface area contributed by atoms with Gasteiger partial charge in [0.2, 0.25) is 0 Å². The molecule has 0 bridgehead atoms. The molecule has 1 N–H and O–H groups in total. The Morgan fingerprint density at radius 3 is 2.76 bits per heavy atom. The smallest absolute Gasteiger partial charge is 0.123 e. The highest BCUT2D eigenvalue weighted by Gasteiger charge is 2.08. The largest absolute Gasteiger partial charge is 0.507 e. The lowest BCUT2D eigenvalue weighted by Crippen LogP contribution is -1.81. The van der Waals surface area contributed by atoms with Crippen molar-refractivity contribution in [3.8, 4) is 16.9 Å². The first kappa shape index (κ1) is 10.4. The van der Waals surface area contributed by atoms with Crippen LogP contribution in [0.15, 0.2) is 47.8 Å². The quantitative estimate of drug-likeness (QED) is 0.660. The fourth-order valence-corrected chi connectivity index (χ4v) is 3.00. The molecule has 3 aromatic rings. The number of rotatable bonds is 1. The number of aromatic hydroxyl groups is 1. The van der Waals surface area contributed by atoms with Crippen LogP contribution in [0.2, 0.25) is 0 Å². The third-order valence-corrected chi connectivity index (χ3v) is 3.88. The van der Waals surface area contributed by atoms with Crippen LogP contribution in [0.25, 0.3) is 21.2 Å². The zero-order valence-electron chi connectivity index (χ0n) is 9.47. The van der Waals surface area contributed by atoms with Gasteiger partial charge in [-0.3, -0.25) is 0 Å². The first-order valence-corrected chi connectivity index (χ1v) is 6.40. The number of phenolic OH excluding ortho intramolecular Hbond substituents is 1. The zero-order chi connectivity index (χ0) is 11.8. The minimum atomic E-state index is 0.344. The number of fused-ring (bicyclic) bond motifs is 1. The summed E-state index contributed by atoms with van der Waals surface area (Å²) >= 11 is 1.71. The van der Waals surface area contributed by atoms with Crippen LogP contribution < -0.4 is 0 Å². The van der Waals surface area contributed by atoms with E-state index in [0.29, 0.717) is 5.75 Å². The molecule has 0 aliphatic carbocycles. The van der Waals surface area contributed by atoms with Crippen molar-refractivity contribution in [1.82, 2.24) is 0 Å². The van der Waals surface area contributed by atoms with E-state index in [1.165, 1.54) is 10.1 Å². The highest BCUT2D eigenvalue weighted by molar-refractivity contribution is 7.17. The predicted molar refractivity (Wildman–Crippen MR) is 73.7 cm³/mol. The Hall–Kier alpha value is -1.80. The lowest BCUT2D eigenvalue weighted by atomic mass is 10.0. The lowest BCUT2D eigenvalue weighted by molar-refractivity contribution is 0.477. The summed E-state index contributed by atoms with van der Waals surface area (Å²) in [6, 6.07) is 14.0. The molecule has 0 aliphatic rings. The summed E-state index contributed by atoms with van der Waals surface area (Å²) in [5.74, 6) is 0.344. The van der Waals surface area contributed by atoms with E-state index in [0.717, 1.165) is 16.7 Å². The molecule has 1 aromatic heterocycles. The van der Waals surface area contributed by atoms with E-state index in [4.69, 9.17) is 0 Å². The van der Waals surface area contributed by atoms with E-state index in [2.05, 4.69) is 23.6 Å². The van der Waals surface area contributed by atoms with Gasteiger partial charge in [-0.2, -0.15) is 0 Å². The van der Waals surface area contributed by atoms with Gasteiger partial charge in [-0.05, 0) is 35.9 Å². The van der Waals surface area contributed by atoms with Crippen LogP contribution in [-0.4, -0.2) is 5.11 Å². The summed E-state index contributed by atoms with van der Waals surface area (Å²) in [6.07, 6.45) is 0. The van der Waals surface area contributed by atoms with E-state index in [-0.39, 0.29) is 0 Å². The third kappa shape index (κ3) is 1.71. The number of benzene rings is 2. The second-order valence-electron chi connectivity index (χ2n) is 4.17. The average molecular weight is 240 g/mol. The van der Waals surface area contributed by atoms with Crippen molar-refractivity contribution in [2.75, 3.05) is 0 Å². The van der Waals surface area contributed by atoms with E-state index in [9.17, 15) is 5.11 Å². The molecule has 1 nitrogen and oxygen atoms in total. The molecule has 0 spiro atoms. The number of hydrogen-bond acceptors (Lipinski definition) is 2. The Balaban J connectivity index is 2.34. The summed E-state index contributed by atoms with van der Waals surface area (Å²) < 4.78 is 1.23. The molecule has 0 saturated heterocycles. The van der Waals surface area contributed by atoms with Gasteiger partial charge in [0, 0.05) is 15.8 Å². The average Bonchev–Trinajstić information content (AvgIpc) is 2.80. The maximum atomic E-state index is 9.99. The monoisotopic (exact) mass is 240 g/mol. The van der Waals surface area contributed by atoms with Crippen LogP contribution in [0.3, 0.4) is 0 Å². The van der Waals surface area contributed by atoms with Crippen molar-refractivity contribution in [3.63, 3.8) is 0 Å². The number of hydrogen-bond donors (Lipinski definition) is 1. The van der Waals surface area contributed by atoms with E-state index < -0.39 is 0 Å². The van der Waals surface area contributed by atoms with Crippen LogP contribution in [0, 0.1) is 6.92 Å². The van der Waals surface area contributed by atoms with Gasteiger partial charge < -0.3 is 5.11 Å². The minimum absolute atomic E-state index is 0.344. The molecule has 0 aliphatic heterocycles. The van der Waals surface area contributed by atoms with Gasteiger partial charge in [0.1, 0.15) is 5.75 Å². The minimum Gasteiger partial charge on any atom is -0.507 e. The fraction of sp³-hybridized carbons (Fsp3) is 0.0667. The Morgan fingerprint density at radius 1 is 1.00 bits per heavy atom. The first-order chi connectivity index (χ1) is 8.25. The SMILES string of the molecule is Cc1ccc(O)c(-c2cccc3ccsc23)c1. The van der Waals surface area contributed by atoms with E-state index >= 15 is 0 Å². The molecule has 84 valence electrons. The van der Waals surface area contributed by atoms with Crippen molar-refractivity contribution in [2.45, 2.75) is 6.92 Å². The highest BCUT2D eigenvalue weighted by atomic mass is 32.1. The first-order valence-electron chi connectivity index (χ1n) is 5.52. The highest BCUT2D eigenvalue weighted by Crippen LogP contribution is 2.37. The Labute approximate surface area is 104 Å². The van der Waals surface area contributed by atoms with Crippen LogP contribution in [0.5, 0.6) is 5.75 Å². The van der Waals surface area contributed by atoms with Crippen molar-refractivity contribution in [2.24, 2.45) is 0 Å². The van der Waals surface area contributed by atoms with Gasteiger partial charge >= 0.3 is 0 Å². The van der Waals surface area contributed by atoms with Gasteiger partial charge in [-0.1, -0.05) is 29.8 Å². The molecule has 2 heteroatoms. The van der Waals surface area contributed by atoms with Crippen LogP contribution >= 0.6 is 11.3 Å². The topological polar surface area (TPSA) is 20.2 Å². The Morgan fingerprint density at radius 2 is 1.88 bits per heavy atom. The summed E-state index contributed by atoms with van der Waals surface area (Å²) in [4.78, 5) is 0. The molecule has 2 aromatic carbocycles. The third-order valence-electron chi connectivity index (χ3n) is 2.92. The summed E-state index contributed by atoms with van der Waals surface area (Å²) in [5, 5.41) is 13.3. The van der Waals surface area contributed by atoms with E-state index in [1.54, 1.807) is 17.4 Å². The predicted octanol–water partition coefficient (Wildman–Crippen LogP) is 4.58. The molecular weight excluding hydrogens is 228 g/mol. The number of aryl methyl sites for hydroxylation is 1. The van der Waals surface area contributed by atoms with Crippen LogP contribution in [-0.2, 0) is 0 Å². The molecule has 0 saturated carbocycles. The van der Waals surface area contributed by atoms with Crippen LogP contribution in [0.4, 0.5) is 0 Å². The molecule has 3 rings (SSSR count). The van der Waals surface area contributed by atoms with Gasteiger partial charge in [-0.15, -0.1) is 11.3 Å². The standard InChI is InChI=1S/C15H12OS/c1-10-5-6-14(16)13(9-10)12-4-2-3-11-7-8-17-15(11)12/h2-9,16H,1H3. The van der Waals surface area contributed by atoms with Gasteiger partial charge in [0.15, 0.2) is 0 Å². The summed E-state index contributed by atoms with van der Waals surface area (Å²) in [5.41, 5.74) is 3.18. The summed E-state index contributed by atoms with van der Waals surface area (Å²) in [6.45, 7) is 2.04. The summed E-state index contributed by atoms with van der Waals surface area (Å²) in [7, 11) is 0. The molecular formula is C15H12OS. The molecule has 0 unspecified atom stereocenters. The molecule has 0 fully saturated rings. The van der Waals surface area contributed by atoms with Crippen molar-refractivity contribution < 1.29 is 5.11 Å². The Bertz CT molecular complexity index is 682. The second kappa shape index (κ2) is 3.90. The lowest BCUT2D eigenvalue weighted by Gasteiger charge is -2.07. The Kier molecular flexibility index (Phi) is 2.37. The van der Waals surface area contributed by atoms with Crippen molar-refractivity contribution in [3.05, 3.63) is 53.4 Å². The molecule has 17 heavy (non-hydrogen) atoms. The normalized spacial score (nSPS) is 10.9. The van der Waals surface area contributed by atoms with Gasteiger partial charge in [-0.25, -0.2) is 0 Å². The maximum Gasteiger partial charge on any atom is 0.123 e. The zero-order valence-corrected chi connectivity index (χ0v) is 10.3. The van der Waals surface area contributed by atoms with E-state index in [1.807, 2.05) is 25.1 Å². The number of phenols is 1. The maximum absolute atomic E-state index is 9.99. The molecule has 0 atom stereocenters. The van der Waals surface area contributed by atoms with Gasteiger partial charge in [0.05, 0.1) is 0 Å². The second-order valence-corrected chi connectivity index (χ2v) is 5.08. The fourth-order valence-electron chi connectivity index (χ4n) is 2.07. The molecule has 1 heterocycles. The molecule has 0 amide bonds.